The minimum Gasteiger partial charge on any atom is -0.494 e. The van der Waals surface area contributed by atoms with E-state index in [2.05, 4.69) is 0 Å². The average molecular weight is 336 g/mol. The van der Waals surface area contributed by atoms with Gasteiger partial charge in [0.25, 0.3) is 5.91 Å². The van der Waals surface area contributed by atoms with Crippen LogP contribution in [0.3, 0.4) is 0 Å². The van der Waals surface area contributed by atoms with Crippen LogP contribution in [0.15, 0.2) is 40.8 Å². The Kier molecular flexibility index (Phi) is 6.11. The normalized spacial score (nSPS) is 12.0. The van der Waals surface area contributed by atoms with E-state index in [1.165, 1.54) is 0 Å². The third-order valence-corrected chi connectivity index (χ3v) is 3.69. The summed E-state index contributed by atoms with van der Waals surface area (Å²) in [6, 6.07) is 11.3. The van der Waals surface area contributed by atoms with Crippen molar-refractivity contribution in [1.29, 1.82) is 0 Å². The quantitative estimate of drug-likeness (QED) is 0.555. The second-order valence-electron chi connectivity index (χ2n) is 5.56. The van der Waals surface area contributed by atoms with Gasteiger partial charge in [-0.3, -0.25) is 4.79 Å². The molecule has 0 saturated heterocycles. The van der Waals surface area contributed by atoms with Gasteiger partial charge in [-0.05, 0) is 50.1 Å². The molecule has 0 bridgehead atoms. The first-order valence-electron chi connectivity index (χ1n) is 7.66. The summed E-state index contributed by atoms with van der Waals surface area (Å²) >= 11 is 5.94. The van der Waals surface area contributed by atoms with Crippen molar-refractivity contribution in [2.45, 2.75) is 25.6 Å². The van der Waals surface area contributed by atoms with Crippen molar-refractivity contribution in [3.05, 3.63) is 53.5 Å². The highest BCUT2D eigenvalue weighted by Crippen LogP contribution is 2.22. The lowest BCUT2D eigenvalue weighted by atomic mass is 10.2. The Balaban J connectivity index is 1.77. The summed E-state index contributed by atoms with van der Waals surface area (Å²) in [5.41, 5.74) is 1.16. The first kappa shape index (κ1) is 17.4. The predicted molar refractivity (Wildman–Crippen MR) is 91.2 cm³/mol. The molecule has 23 heavy (non-hydrogen) atoms. The van der Waals surface area contributed by atoms with Gasteiger partial charge in [0.05, 0.1) is 12.0 Å². The summed E-state index contributed by atoms with van der Waals surface area (Å²) in [6.45, 7) is 4.99. The molecular formula is C18H22ClNO3. The van der Waals surface area contributed by atoms with Gasteiger partial charge in [0.1, 0.15) is 11.5 Å². The zero-order valence-electron chi connectivity index (χ0n) is 13.7. The number of carbonyl (C=O) groups excluding carboxylic acids is 1. The number of alkyl halides is 1. The van der Waals surface area contributed by atoms with Gasteiger partial charge in [-0.1, -0.05) is 12.1 Å². The summed E-state index contributed by atoms with van der Waals surface area (Å²) in [7, 11) is 1.75. The lowest BCUT2D eigenvalue weighted by Gasteiger charge is -2.16. The van der Waals surface area contributed by atoms with Crippen LogP contribution in [0.5, 0.6) is 5.75 Å². The number of benzene rings is 1. The van der Waals surface area contributed by atoms with Crippen LogP contribution in [0, 0.1) is 6.92 Å². The Labute approximate surface area is 142 Å². The summed E-state index contributed by atoms with van der Waals surface area (Å²) in [6.07, 6.45) is 0.746. The molecule has 0 radical (unpaired) electrons. The highest BCUT2D eigenvalue weighted by atomic mass is 35.5. The van der Waals surface area contributed by atoms with Crippen molar-refractivity contribution in [1.82, 2.24) is 4.90 Å². The summed E-state index contributed by atoms with van der Waals surface area (Å²) in [4.78, 5) is 13.9. The minimum absolute atomic E-state index is 0.149. The number of ether oxygens (including phenoxy) is 1. The zero-order valence-corrected chi connectivity index (χ0v) is 14.5. The van der Waals surface area contributed by atoms with E-state index in [4.69, 9.17) is 20.8 Å². The second-order valence-corrected chi connectivity index (χ2v) is 6.22. The molecule has 1 atom stereocenters. The maximum Gasteiger partial charge on any atom is 0.289 e. The Hall–Kier alpha value is -1.94. The molecule has 124 valence electrons. The molecule has 1 amide bonds. The van der Waals surface area contributed by atoms with Gasteiger partial charge < -0.3 is 14.1 Å². The molecule has 4 nitrogen and oxygen atoms in total. The molecule has 0 aliphatic heterocycles. The van der Waals surface area contributed by atoms with Crippen LogP contribution < -0.4 is 4.74 Å². The number of amides is 1. The number of rotatable bonds is 7. The number of halogens is 1. The van der Waals surface area contributed by atoms with Crippen LogP contribution in [0.1, 0.15) is 40.6 Å². The molecule has 1 aromatic carbocycles. The largest absolute Gasteiger partial charge is 0.494 e. The van der Waals surface area contributed by atoms with Crippen molar-refractivity contribution in [2.75, 3.05) is 20.2 Å². The van der Waals surface area contributed by atoms with Crippen molar-refractivity contribution in [3.8, 4) is 5.75 Å². The van der Waals surface area contributed by atoms with E-state index in [1.807, 2.05) is 31.2 Å². The average Bonchev–Trinajstić information content (AvgIpc) is 3.01. The van der Waals surface area contributed by atoms with Crippen LogP contribution in [-0.2, 0) is 0 Å². The lowest BCUT2D eigenvalue weighted by Crippen LogP contribution is -2.28. The lowest BCUT2D eigenvalue weighted by molar-refractivity contribution is 0.0754. The van der Waals surface area contributed by atoms with Gasteiger partial charge >= 0.3 is 0 Å². The first-order chi connectivity index (χ1) is 11.0. The zero-order chi connectivity index (χ0) is 16.8. The number of hydrogen-bond donors (Lipinski definition) is 0. The summed E-state index contributed by atoms with van der Waals surface area (Å²) in [5.74, 6) is 1.62. The third-order valence-electron chi connectivity index (χ3n) is 3.47. The number of aryl methyl sites for hydroxylation is 1. The second kappa shape index (κ2) is 8.06. The molecule has 0 aliphatic carbocycles. The van der Waals surface area contributed by atoms with Crippen molar-refractivity contribution >= 4 is 17.5 Å². The fraction of sp³-hybridized carbons (Fsp3) is 0.389. The van der Waals surface area contributed by atoms with Crippen LogP contribution in [-0.4, -0.2) is 31.0 Å². The van der Waals surface area contributed by atoms with Crippen LogP contribution in [0.4, 0.5) is 0 Å². The van der Waals surface area contributed by atoms with Crippen LogP contribution in [0.25, 0.3) is 0 Å². The fourth-order valence-corrected chi connectivity index (χ4v) is 2.29. The van der Waals surface area contributed by atoms with Gasteiger partial charge in [0.15, 0.2) is 5.76 Å². The standard InChI is InChI=1S/C18H22ClNO3/c1-13-6-4-7-15(12-13)22-11-5-10-20(3)18(21)17-9-8-16(23-17)14(2)19/h4,6-9,12,14H,5,10-11H2,1-3H3. The smallest absolute Gasteiger partial charge is 0.289 e. The molecule has 2 rings (SSSR count). The molecule has 5 heteroatoms. The molecule has 1 heterocycles. The van der Waals surface area contributed by atoms with Gasteiger partial charge in [0.2, 0.25) is 0 Å². The minimum atomic E-state index is -0.246. The highest BCUT2D eigenvalue weighted by Gasteiger charge is 2.17. The van der Waals surface area contributed by atoms with E-state index < -0.39 is 0 Å². The molecule has 0 fully saturated rings. The molecule has 1 unspecified atom stereocenters. The molecule has 2 aromatic rings. The number of nitrogens with zero attached hydrogens (tertiary/aromatic N) is 1. The van der Waals surface area contributed by atoms with E-state index >= 15 is 0 Å². The highest BCUT2D eigenvalue weighted by molar-refractivity contribution is 6.20. The number of furan rings is 1. The summed E-state index contributed by atoms with van der Waals surface area (Å²) in [5, 5.41) is -0.246. The van der Waals surface area contributed by atoms with Crippen LogP contribution >= 0.6 is 11.6 Å². The molecular weight excluding hydrogens is 314 g/mol. The Morgan fingerprint density at radius 1 is 1.35 bits per heavy atom. The van der Waals surface area contributed by atoms with Crippen molar-refractivity contribution in [3.63, 3.8) is 0 Å². The van der Waals surface area contributed by atoms with E-state index in [1.54, 1.807) is 31.0 Å². The fourth-order valence-electron chi connectivity index (χ4n) is 2.17. The maximum atomic E-state index is 12.2. The third kappa shape index (κ3) is 5.03. The molecule has 1 aromatic heterocycles. The van der Waals surface area contributed by atoms with Gasteiger partial charge in [-0.15, -0.1) is 11.6 Å². The van der Waals surface area contributed by atoms with Crippen molar-refractivity contribution < 1.29 is 13.9 Å². The first-order valence-corrected chi connectivity index (χ1v) is 8.09. The van der Waals surface area contributed by atoms with E-state index in [-0.39, 0.29) is 11.3 Å². The SMILES string of the molecule is Cc1cccc(OCCCN(C)C(=O)c2ccc(C(C)Cl)o2)c1. The summed E-state index contributed by atoms with van der Waals surface area (Å²) < 4.78 is 11.1. The van der Waals surface area contributed by atoms with Gasteiger partial charge in [-0.25, -0.2) is 0 Å². The Bertz CT molecular complexity index is 651. The Morgan fingerprint density at radius 3 is 2.78 bits per heavy atom. The van der Waals surface area contributed by atoms with Gasteiger partial charge in [-0.2, -0.15) is 0 Å². The van der Waals surface area contributed by atoms with E-state index in [0.717, 1.165) is 17.7 Å². The molecule has 0 N–H and O–H groups in total. The van der Waals surface area contributed by atoms with E-state index in [0.29, 0.717) is 24.7 Å². The number of hydrogen-bond acceptors (Lipinski definition) is 3. The van der Waals surface area contributed by atoms with E-state index in [9.17, 15) is 4.79 Å². The van der Waals surface area contributed by atoms with Crippen LogP contribution in [0.2, 0.25) is 0 Å². The van der Waals surface area contributed by atoms with Gasteiger partial charge in [0, 0.05) is 13.6 Å². The molecule has 0 spiro atoms. The number of carbonyl (C=O) groups is 1. The predicted octanol–water partition coefficient (Wildman–Crippen LogP) is 4.43. The van der Waals surface area contributed by atoms with Crippen molar-refractivity contribution in [2.24, 2.45) is 0 Å². The maximum absolute atomic E-state index is 12.2. The molecule has 0 saturated carbocycles. The monoisotopic (exact) mass is 335 g/mol. The molecule has 0 aliphatic rings. The Morgan fingerprint density at radius 2 is 2.13 bits per heavy atom. The topological polar surface area (TPSA) is 42.7 Å².